The Labute approximate surface area is 166 Å². The van der Waals surface area contributed by atoms with E-state index in [9.17, 15) is 0 Å². The molecular formula is C26H23NO. The summed E-state index contributed by atoms with van der Waals surface area (Å²) in [6.07, 6.45) is 6.93. The normalized spacial score (nSPS) is 11.2. The number of aromatic nitrogens is 1. The molecule has 1 heterocycles. The molecule has 0 radical (unpaired) electrons. The van der Waals surface area contributed by atoms with Crippen molar-refractivity contribution in [1.82, 2.24) is 4.98 Å². The summed E-state index contributed by atoms with van der Waals surface area (Å²) >= 11 is 0. The third-order valence-electron chi connectivity index (χ3n) is 4.82. The van der Waals surface area contributed by atoms with Gasteiger partial charge in [-0.3, -0.25) is 4.98 Å². The molecule has 138 valence electrons. The van der Waals surface area contributed by atoms with E-state index < -0.39 is 0 Å². The second-order valence-electron chi connectivity index (χ2n) is 6.86. The smallest absolute Gasteiger partial charge is 0.125 e. The lowest BCUT2D eigenvalue weighted by Crippen LogP contribution is -2.03. The highest BCUT2D eigenvalue weighted by Crippen LogP contribution is 2.22. The molecule has 0 fully saturated rings. The molecule has 0 saturated carbocycles. The zero-order valence-corrected chi connectivity index (χ0v) is 16.0. The van der Waals surface area contributed by atoms with E-state index in [4.69, 9.17) is 4.74 Å². The fourth-order valence-electron chi connectivity index (χ4n) is 3.26. The maximum atomic E-state index is 6.03. The Morgan fingerprint density at radius 2 is 1.64 bits per heavy atom. The molecule has 0 N–H and O–H groups in total. The van der Waals surface area contributed by atoms with Crippen LogP contribution >= 0.6 is 0 Å². The van der Waals surface area contributed by atoms with E-state index >= 15 is 0 Å². The van der Waals surface area contributed by atoms with Gasteiger partial charge in [0.2, 0.25) is 0 Å². The van der Waals surface area contributed by atoms with Crippen LogP contribution < -0.4 is 4.74 Å². The summed E-state index contributed by atoms with van der Waals surface area (Å²) in [4.78, 5) is 4.53. The molecule has 0 amide bonds. The third kappa shape index (κ3) is 4.29. The van der Waals surface area contributed by atoms with Crippen LogP contribution in [0.15, 0.2) is 85.1 Å². The Balaban J connectivity index is 1.49. The fourth-order valence-corrected chi connectivity index (χ4v) is 3.26. The second kappa shape index (κ2) is 8.53. The van der Waals surface area contributed by atoms with Crippen LogP contribution in [0.25, 0.3) is 22.9 Å². The highest BCUT2D eigenvalue weighted by atomic mass is 16.5. The van der Waals surface area contributed by atoms with Crippen molar-refractivity contribution < 1.29 is 4.74 Å². The van der Waals surface area contributed by atoms with Crippen LogP contribution in [-0.2, 0) is 6.42 Å². The number of fused-ring (bicyclic) bond motifs is 1. The molecule has 28 heavy (non-hydrogen) atoms. The maximum Gasteiger partial charge on any atom is 0.125 e. The Hall–Kier alpha value is -3.39. The van der Waals surface area contributed by atoms with E-state index in [0.29, 0.717) is 6.61 Å². The molecule has 0 saturated heterocycles. The number of hydrogen-bond acceptors (Lipinski definition) is 2. The molecule has 0 aliphatic rings. The van der Waals surface area contributed by atoms with Crippen LogP contribution in [0.5, 0.6) is 5.75 Å². The topological polar surface area (TPSA) is 22.1 Å². The van der Waals surface area contributed by atoms with Gasteiger partial charge in [0, 0.05) is 24.2 Å². The molecule has 2 nitrogen and oxygen atoms in total. The Bertz CT molecular complexity index is 1090. The van der Waals surface area contributed by atoms with E-state index in [1.54, 1.807) is 0 Å². The van der Waals surface area contributed by atoms with Crippen molar-refractivity contribution in [1.29, 1.82) is 0 Å². The van der Waals surface area contributed by atoms with Gasteiger partial charge in [-0.2, -0.15) is 0 Å². The van der Waals surface area contributed by atoms with Gasteiger partial charge in [-0.1, -0.05) is 78.9 Å². The second-order valence-corrected chi connectivity index (χ2v) is 6.86. The lowest BCUT2D eigenvalue weighted by molar-refractivity contribution is 0.319. The van der Waals surface area contributed by atoms with Gasteiger partial charge in [0.1, 0.15) is 5.75 Å². The number of nitrogens with zero attached hydrogens (tertiary/aromatic N) is 1. The zero-order valence-electron chi connectivity index (χ0n) is 16.0. The van der Waals surface area contributed by atoms with E-state index in [0.717, 1.165) is 23.4 Å². The lowest BCUT2D eigenvalue weighted by atomic mass is 10.0. The number of aryl methyl sites for hydroxylation is 1. The van der Waals surface area contributed by atoms with Gasteiger partial charge in [-0.05, 0) is 34.9 Å². The predicted octanol–water partition coefficient (Wildman–Crippen LogP) is 6.34. The number of hydrogen-bond donors (Lipinski definition) is 0. The lowest BCUT2D eigenvalue weighted by Gasteiger charge is -2.10. The van der Waals surface area contributed by atoms with Crippen LogP contribution in [0.1, 0.15) is 22.4 Å². The number of benzene rings is 3. The van der Waals surface area contributed by atoms with Crippen LogP contribution in [0.4, 0.5) is 0 Å². The highest BCUT2D eigenvalue weighted by molar-refractivity contribution is 5.92. The number of ether oxygens (including phenoxy) is 1. The first-order valence-corrected chi connectivity index (χ1v) is 9.59. The summed E-state index contributed by atoms with van der Waals surface area (Å²) in [6, 6.07) is 27.2. The molecule has 0 aliphatic heterocycles. The Morgan fingerprint density at radius 3 is 2.54 bits per heavy atom. The van der Waals surface area contributed by atoms with Gasteiger partial charge >= 0.3 is 0 Å². The van der Waals surface area contributed by atoms with Crippen LogP contribution in [0, 0.1) is 6.92 Å². The van der Waals surface area contributed by atoms with E-state index in [2.05, 4.69) is 77.8 Å². The highest BCUT2D eigenvalue weighted by Gasteiger charge is 2.03. The molecule has 4 rings (SSSR count). The summed E-state index contributed by atoms with van der Waals surface area (Å²) in [7, 11) is 0. The predicted molar refractivity (Wildman–Crippen MR) is 117 cm³/mol. The zero-order chi connectivity index (χ0) is 19.2. The minimum atomic E-state index is 0.654. The standard InChI is InChI=1S/C26H23NO/c1-20-19-27-24(18-26(20)28-17-16-21-8-3-2-4-9-21)15-14-23-12-7-11-22-10-5-6-13-25(22)23/h2-15,18-19H,16-17H2,1H3/b15-14+. The van der Waals surface area contributed by atoms with Crippen molar-refractivity contribution >= 4 is 22.9 Å². The van der Waals surface area contributed by atoms with Crippen molar-refractivity contribution in [2.45, 2.75) is 13.3 Å². The minimum absolute atomic E-state index is 0.654. The van der Waals surface area contributed by atoms with Gasteiger partial charge in [0.25, 0.3) is 0 Å². The number of rotatable bonds is 6. The largest absolute Gasteiger partial charge is 0.493 e. The minimum Gasteiger partial charge on any atom is -0.493 e. The van der Waals surface area contributed by atoms with Crippen LogP contribution in [0.2, 0.25) is 0 Å². The molecule has 2 heteroatoms. The molecule has 4 aromatic rings. The Morgan fingerprint density at radius 1 is 0.857 bits per heavy atom. The molecule has 0 atom stereocenters. The Kier molecular flexibility index (Phi) is 5.48. The monoisotopic (exact) mass is 365 g/mol. The average molecular weight is 365 g/mol. The summed E-state index contributed by atoms with van der Waals surface area (Å²) in [6.45, 7) is 2.68. The van der Waals surface area contributed by atoms with E-state index in [1.165, 1.54) is 21.9 Å². The van der Waals surface area contributed by atoms with Crippen LogP contribution in [0.3, 0.4) is 0 Å². The summed E-state index contributed by atoms with van der Waals surface area (Å²) in [5.41, 5.74) is 4.42. The SMILES string of the molecule is Cc1cnc(/C=C/c2cccc3ccccc23)cc1OCCc1ccccc1. The summed E-state index contributed by atoms with van der Waals surface area (Å²) < 4.78 is 6.03. The van der Waals surface area contributed by atoms with Crippen molar-refractivity contribution in [2.75, 3.05) is 6.61 Å². The molecule has 0 spiro atoms. The quantitative estimate of drug-likeness (QED) is 0.398. The molecular weight excluding hydrogens is 342 g/mol. The molecule has 0 aliphatic carbocycles. The maximum absolute atomic E-state index is 6.03. The first-order valence-electron chi connectivity index (χ1n) is 9.59. The van der Waals surface area contributed by atoms with Gasteiger partial charge in [-0.25, -0.2) is 0 Å². The fraction of sp³-hybridized carbons (Fsp3) is 0.115. The van der Waals surface area contributed by atoms with Crippen molar-refractivity contribution in [3.05, 3.63) is 107 Å². The summed E-state index contributed by atoms with van der Waals surface area (Å²) in [5, 5.41) is 2.49. The van der Waals surface area contributed by atoms with Gasteiger partial charge < -0.3 is 4.74 Å². The average Bonchev–Trinajstić information content (AvgIpc) is 2.75. The first-order chi connectivity index (χ1) is 13.8. The molecule has 1 aromatic heterocycles. The molecule has 3 aromatic carbocycles. The van der Waals surface area contributed by atoms with Crippen molar-refractivity contribution in [3.63, 3.8) is 0 Å². The van der Waals surface area contributed by atoms with E-state index in [-0.39, 0.29) is 0 Å². The van der Waals surface area contributed by atoms with Crippen molar-refractivity contribution in [3.8, 4) is 5.75 Å². The third-order valence-corrected chi connectivity index (χ3v) is 4.82. The number of pyridine rings is 1. The van der Waals surface area contributed by atoms with Gasteiger partial charge in [0.05, 0.1) is 12.3 Å². The molecule has 0 unspecified atom stereocenters. The molecule has 0 bridgehead atoms. The van der Waals surface area contributed by atoms with E-state index in [1.807, 2.05) is 31.3 Å². The van der Waals surface area contributed by atoms with Crippen molar-refractivity contribution in [2.24, 2.45) is 0 Å². The first kappa shape index (κ1) is 18.0. The van der Waals surface area contributed by atoms with Gasteiger partial charge in [-0.15, -0.1) is 0 Å². The van der Waals surface area contributed by atoms with Gasteiger partial charge in [0.15, 0.2) is 0 Å². The summed E-state index contributed by atoms with van der Waals surface area (Å²) in [5.74, 6) is 0.892. The van der Waals surface area contributed by atoms with Crippen LogP contribution in [-0.4, -0.2) is 11.6 Å².